The standard InChI is InChI=1S/C33H72NO6Si/c1-4-6-8-10-12-14-16-18-24-34(3,25-19-17-15-13-11-9-7-5-2)26-20-33-41(38-30-21-27-35,39-31-22-28-36)40-32-23-29-37/h35-37H,4-33H2,1-3H3/q+1. The van der Waals surface area contributed by atoms with E-state index >= 15 is 0 Å². The summed E-state index contributed by atoms with van der Waals surface area (Å²) in [5.74, 6) is 0. The average molecular weight is 607 g/mol. The van der Waals surface area contributed by atoms with Crippen LogP contribution in [0, 0.1) is 0 Å². The van der Waals surface area contributed by atoms with Crippen LogP contribution < -0.4 is 0 Å². The maximum Gasteiger partial charge on any atom is 0.501 e. The first-order valence-corrected chi connectivity index (χ1v) is 19.5. The van der Waals surface area contributed by atoms with E-state index in [4.69, 9.17) is 13.3 Å². The number of quaternary nitrogens is 1. The van der Waals surface area contributed by atoms with Gasteiger partial charge in [-0.2, -0.15) is 0 Å². The van der Waals surface area contributed by atoms with Gasteiger partial charge in [0.1, 0.15) is 0 Å². The van der Waals surface area contributed by atoms with Crippen molar-refractivity contribution >= 4 is 8.80 Å². The van der Waals surface area contributed by atoms with Crippen molar-refractivity contribution in [2.24, 2.45) is 0 Å². The topological polar surface area (TPSA) is 88.4 Å². The zero-order valence-corrected chi connectivity index (χ0v) is 28.7. The van der Waals surface area contributed by atoms with Crippen LogP contribution in [-0.2, 0) is 13.3 Å². The molecule has 0 aliphatic carbocycles. The van der Waals surface area contributed by atoms with E-state index in [9.17, 15) is 15.3 Å². The van der Waals surface area contributed by atoms with E-state index in [0.29, 0.717) is 39.1 Å². The van der Waals surface area contributed by atoms with Crippen molar-refractivity contribution < 1.29 is 33.1 Å². The van der Waals surface area contributed by atoms with Gasteiger partial charge in [0.05, 0.1) is 26.7 Å². The van der Waals surface area contributed by atoms with Gasteiger partial charge in [0.25, 0.3) is 0 Å². The van der Waals surface area contributed by atoms with Crippen LogP contribution in [0.15, 0.2) is 0 Å². The third-order valence-corrected chi connectivity index (χ3v) is 11.1. The molecule has 0 unspecified atom stereocenters. The summed E-state index contributed by atoms with van der Waals surface area (Å²) in [6, 6.07) is 0.734. The van der Waals surface area contributed by atoms with E-state index in [2.05, 4.69) is 20.9 Å². The highest BCUT2D eigenvalue weighted by molar-refractivity contribution is 6.60. The number of hydrogen-bond donors (Lipinski definition) is 3. The lowest BCUT2D eigenvalue weighted by Gasteiger charge is -2.36. The second-order valence-electron chi connectivity index (χ2n) is 12.3. The molecule has 0 radical (unpaired) electrons. The second-order valence-corrected chi connectivity index (χ2v) is 15.0. The van der Waals surface area contributed by atoms with Gasteiger partial charge in [-0.05, 0) is 44.9 Å². The van der Waals surface area contributed by atoms with Gasteiger partial charge < -0.3 is 33.1 Å². The molecule has 0 spiro atoms. The summed E-state index contributed by atoms with van der Waals surface area (Å²) in [6.45, 7) is 9.53. The molecular weight excluding hydrogens is 534 g/mol. The summed E-state index contributed by atoms with van der Waals surface area (Å²) in [6.07, 6.45) is 24.2. The van der Waals surface area contributed by atoms with Gasteiger partial charge in [-0.15, -0.1) is 0 Å². The van der Waals surface area contributed by atoms with Crippen LogP contribution in [0.5, 0.6) is 0 Å². The molecular formula is C33H72NO6Si+. The molecule has 248 valence electrons. The lowest BCUT2D eigenvalue weighted by molar-refractivity contribution is -0.910. The lowest BCUT2D eigenvalue weighted by atomic mass is 10.1. The highest BCUT2D eigenvalue weighted by Crippen LogP contribution is 2.22. The third kappa shape index (κ3) is 25.0. The molecule has 0 aromatic rings. The minimum absolute atomic E-state index is 0.0733. The Hall–Kier alpha value is -0.0631. The van der Waals surface area contributed by atoms with Gasteiger partial charge in [0.2, 0.25) is 0 Å². The lowest BCUT2D eigenvalue weighted by Crippen LogP contribution is -2.50. The largest absolute Gasteiger partial charge is 0.501 e. The van der Waals surface area contributed by atoms with Crippen molar-refractivity contribution in [1.82, 2.24) is 0 Å². The van der Waals surface area contributed by atoms with Crippen LogP contribution in [-0.4, -0.2) is 94.9 Å². The third-order valence-electron chi connectivity index (χ3n) is 8.16. The number of rotatable bonds is 34. The van der Waals surface area contributed by atoms with Crippen LogP contribution in [0.3, 0.4) is 0 Å². The fraction of sp³-hybridized carbons (Fsp3) is 1.00. The molecule has 0 amide bonds. The molecule has 0 aliphatic rings. The minimum atomic E-state index is -2.97. The normalized spacial score (nSPS) is 12.4. The summed E-state index contributed by atoms with van der Waals surface area (Å²) in [5.41, 5.74) is 0. The summed E-state index contributed by atoms with van der Waals surface area (Å²) < 4.78 is 19.8. The SMILES string of the molecule is CCCCCCCCCC[N+](C)(CCCCCCCCCC)CCC[Si](OCCCO)(OCCCO)OCCCO. The molecule has 0 fully saturated rings. The van der Waals surface area contributed by atoms with Gasteiger partial charge in [-0.1, -0.05) is 90.9 Å². The molecule has 7 nitrogen and oxygen atoms in total. The van der Waals surface area contributed by atoms with Crippen molar-refractivity contribution in [2.45, 2.75) is 148 Å². The maximum absolute atomic E-state index is 9.31. The Labute approximate surface area is 256 Å². The first-order valence-electron chi connectivity index (χ1n) is 17.6. The number of unbranched alkanes of at least 4 members (excludes halogenated alkanes) is 14. The molecule has 0 atom stereocenters. The summed E-state index contributed by atoms with van der Waals surface area (Å²) in [5, 5.41) is 27.9. The number of aliphatic hydroxyl groups excluding tert-OH is 3. The van der Waals surface area contributed by atoms with Gasteiger partial charge in [0.15, 0.2) is 0 Å². The Balaban J connectivity index is 5.05. The molecule has 0 aromatic carbocycles. The first kappa shape index (κ1) is 40.9. The van der Waals surface area contributed by atoms with Crippen molar-refractivity contribution in [1.29, 1.82) is 0 Å². The highest BCUT2D eigenvalue weighted by Gasteiger charge is 2.41. The average Bonchev–Trinajstić information content (AvgIpc) is 2.96. The second kappa shape index (κ2) is 30.0. The summed E-state index contributed by atoms with van der Waals surface area (Å²) >= 11 is 0. The molecule has 0 saturated heterocycles. The molecule has 0 aliphatic heterocycles. The minimum Gasteiger partial charge on any atom is -0.396 e. The Morgan fingerprint density at radius 2 is 0.756 bits per heavy atom. The van der Waals surface area contributed by atoms with E-state index in [1.165, 1.54) is 116 Å². The predicted octanol–water partition coefficient (Wildman–Crippen LogP) is 7.24. The van der Waals surface area contributed by atoms with Gasteiger partial charge >= 0.3 is 8.80 Å². The first-order chi connectivity index (χ1) is 20.0. The fourth-order valence-electron chi connectivity index (χ4n) is 5.49. The van der Waals surface area contributed by atoms with Gasteiger partial charge in [-0.3, -0.25) is 0 Å². The zero-order valence-electron chi connectivity index (χ0n) is 27.7. The Morgan fingerprint density at radius 1 is 0.439 bits per heavy atom. The summed E-state index contributed by atoms with van der Waals surface area (Å²) in [4.78, 5) is 0. The molecule has 0 rings (SSSR count). The number of aliphatic hydroxyl groups is 3. The highest BCUT2D eigenvalue weighted by atomic mass is 28.4. The van der Waals surface area contributed by atoms with Crippen molar-refractivity contribution in [3.05, 3.63) is 0 Å². The van der Waals surface area contributed by atoms with Crippen molar-refractivity contribution in [3.63, 3.8) is 0 Å². The quantitative estimate of drug-likeness (QED) is 0.0407. The van der Waals surface area contributed by atoms with Crippen LogP contribution in [0.1, 0.15) is 142 Å². The predicted molar refractivity (Wildman–Crippen MR) is 174 cm³/mol. The van der Waals surface area contributed by atoms with Crippen molar-refractivity contribution in [3.8, 4) is 0 Å². The van der Waals surface area contributed by atoms with E-state index in [1.54, 1.807) is 0 Å². The molecule has 0 heterocycles. The Kier molecular flexibility index (Phi) is 29.9. The smallest absolute Gasteiger partial charge is 0.396 e. The van der Waals surface area contributed by atoms with Crippen molar-refractivity contribution in [2.75, 3.05) is 66.3 Å². The number of hydrogen-bond acceptors (Lipinski definition) is 6. The van der Waals surface area contributed by atoms with Crippen LogP contribution in [0.4, 0.5) is 0 Å². The Bertz CT molecular complexity index is 481. The zero-order chi connectivity index (χ0) is 30.3. The summed E-state index contributed by atoms with van der Waals surface area (Å²) in [7, 11) is -0.528. The van der Waals surface area contributed by atoms with Crippen LogP contribution in [0.2, 0.25) is 6.04 Å². The van der Waals surface area contributed by atoms with E-state index in [1.807, 2.05) is 0 Å². The molecule has 0 bridgehead atoms. The van der Waals surface area contributed by atoms with E-state index < -0.39 is 8.80 Å². The molecule has 0 saturated carbocycles. The monoisotopic (exact) mass is 607 g/mol. The number of nitrogens with zero attached hydrogens (tertiary/aromatic N) is 1. The van der Waals surface area contributed by atoms with Crippen LogP contribution >= 0.6 is 0 Å². The Morgan fingerprint density at radius 3 is 1.10 bits per heavy atom. The van der Waals surface area contributed by atoms with Gasteiger partial charge in [0, 0.05) is 52.1 Å². The van der Waals surface area contributed by atoms with E-state index in [0.717, 1.165) is 23.5 Å². The fourth-order valence-corrected chi connectivity index (χ4v) is 8.13. The molecule has 8 heteroatoms. The van der Waals surface area contributed by atoms with E-state index in [-0.39, 0.29) is 19.8 Å². The molecule has 3 N–H and O–H groups in total. The molecule has 41 heavy (non-hydrogen) atoms. The van der Waals surface area contributed by atoms with Gasteiger partial charge in [-0.25, -0.2) is 0 Å². The molecule has 0 aromatic heterocycles. The maximum atomic E-state index is 9.31. The van der Waals surface area contributed by atoms with Crippen LogP contribution in [0.25, 0.3) is 0 Å².